The van der Waals surface area contributed by atoms with E-state index in [1.165, 1.54) is 4.68 Å². The van der Waals surface area contributed by atoms with Crippen LogP contribution < -0.4 is 16.2 Å². The Morgan fingerprint density at radius 2 is 1.97 bits per heavy atom. The number of rotatable bonds is 6. The standard InChI is InChI=1S/C22H24N8O/c1-4-5-10-29-20-19(27-22(29)28(3)13-15(2)23)12-26-30(21(20)31)14-16-6-7-17-18(11-16)25-9-8-24-17/h6-9,11-12,15H,10,13-14,23H2,1-3H3. The first kappa shape index (κ1) is 20.5. The molecule has 3 aromatic heterocycles. The van der Waals surface area contributed by atoms with Gasteiger partial charge < -0.3 is 10.6 Å². The van der Waals surface area contributed by atoms with Gasteiger partial charge in [-0.25, -0.2) is 9.67 Å². The Balaban J connectivity index is 1.79. The predicted molar refractivity (Wildman–Crippen MR) is 121 cm³/mol. The van der Waals surface area contributed by atoms with Gasteiger partial charge in [0.05, 0.1) is 30.3 Å². The molecule has 4 rings (SSSR count). The predicted octanol–water partition coefficient (Wildman–Crippen LogP) is 1.39. The van der Waals surface area contributed by atoms with Crippen molar-refractivity contribution in [2.24, 2.45) is 5.73 Å². The summed E-state index contributed by atoms with van der Waals surface area (Å²) in [6.45, 7) is 4.97. The van der Waals surface area contributed by atoms with Crippen molar-refractivity contribution in [3.8, 4) is 11.8 Å². The van der Waals surface area contributed by atoms with Crippen molar-refractivity contribution in [1.82, 2.24) is 29.3 Å². The molecule has 9 nitrogen and oxygen atoms in total. The molecule has 0 bridgehead atoms. The van der Waals surface area contributed by atoms with E-state index in [2.05, 4.69) is 31.9 Å². The first-order valence-corrected chi connectivity index (χ1v) is 10.00. The minimum atomic E-state index is -0.220. The molecule has 3 heterocycles. The van der Waals surface area contributed by atoms with Crippen molar-refractivity contribution in [3.63, 3.8) is 0 Å². The van der Waals surface area contributed by atoms with Crippen LogP contribution in [-0.2, 0) is 13.1 Å². The second-order valence-corrected chi connectivity index (χ2v) is 7.50. The van der Waals surface area contributed by atoms with E-state index in [-0.39, 0.29) is 11.6 Å². The van der Waals surface area contributed by atoms with Crippen molar-refractivity contribution in [1.29, 1.82) is 0 Å². The number of benzene rings is 1. The molecule has 0 amide bonds. The second-order valence-electron chi connectivity index (χ2n) is 7.50. The van der Waals surface area contributed by atoms with Gasteiger partial charge in [-0.05, 0) is 31.5 Å². The third-order valence-electron chi connectivity index (χ3n) is 4.91. The van der Waals surface area contributed by atoms with Gasteiger partial charge in [0.1, 0.15) is 11.0 Å². The van der Waals surface area contributed by atoms with Gasteiger partial charge in [0.25, 0.3) is 5.56 Å². The van der Waals surface area contributed by atoms with Crippen molar-refractivity contribution >= 4 is 28.0 Å². The quantitative estimate of drug-likeness (QED) is 0.473. The molecule has 0 saturated carbocycles. The number of nitrogens with two attached hydrogens (primary N) is 1. The summed E-state index contributed by atoms with van der Waals surface area (Å²) in [5.41, 5.74) is 9.25. The summed E-state index contributed by atoms with van der Waals surface area (Å²) in [7, 11) is 1.91. The van der Waals surface area contributed by atoms with E-state index in [1.807, 2.05) is 41.6 Å². The van der Waals surface area contributed by atoms with Crippen LogP contribution in [0.4, 0.5) is 5.95 Å². The molecule has 0 fully saturated rings. The van der Waals surface area contributed by atoms with Gasteiger partial charge >= 0.3 is 0 Å². The lowest BCUT2D eigenvalue weighted by Crippen LogP contribution is -2.34. The maximum Gasteiger partial charge on any atom is 0.293 e. The summed E-state index contributed by atoms with van der Waals surface area (Å²) < 4.78 is 3.27. The van der Waals surface area contributed by atoms with Crippen molar-refractivity contribution in [3.05, 3.63) is 52.7 Å². The van der Waals surface area contributed by atoms with E-state index in [9.17, 15) is 4.79 Å². The van der Waals surface area contributed by atoms with Gasteiger partial charge in [-0.15, -0.1) is 5.92 Å². The molecule has 0 radical (unpaired) electrons. The number of imidazole rings is 1. The molecule has 4 aromatic rings. The maximum atomic E-state index is 13.4. The van der Waals surface area contributed by atoms with Crippen LogP contribution in [0.25, 0.3) is 22.1 Å². The number of fused-ring (bicyclic) bond motifs is 2. The summed E-state index contributed by atoms with van der Waals surface area (Å²) in [5, 5.41) is 4.35. The molecule has 0 aliphatic rings. The van der Waals surface area contributed by atoms with Gasteiger partial charge in [-0.3, -0.25) is 19.3 Å². The van der Waals surface area contributed by atoms with Crippen LogP contribution >= 0.6 is 0 Å². The van der Waals surface area contributed by atoms with E-state index < -0.39 is 0 Å². The fourth-order valence-electron chi connectivity index (χ4n) is 3.58. The van der Waals surface area contributed by atoms with Crippen molar-refractivity contribution in [2.75, 3.05) is 18.5 Å². The highest BCUT2D eigenvalue weighted by atomic mass is 16.1. The van der Waals surface area contributed by atoms with Gasteiger partial charge in [0, 0.05) is 32.0 Å². The lowest BCUT2D eigenvalue weighted by Gasteiger charge is -2.20. The first-order valence-electron chi connectivity index (χ1n) is 10.00. The molecule has 1 atom stereocenters. The number of likely N-dealkylation sites (N-methyl/N-ethyl adjacent to an activating group) is 1. The zero-order chi connectivity index (χ0) is 22.0. The molecular weight excluding hydrogens is 392 g/mol. The Morgan fingerprint density at radius 3 is 2.71 bits per heavy atom. The number of anilines is 1. The van der Waals surface area contributed by atoms with Crippen LogP contribution in [0, 0.1) is 11.8 Å². The largest absolute Gasteiger partial charge is 0.344 e. The van der Waals surface area contributed by atoms with Crippen LogP contribution in [0.15, 0.2) is 41.6 Å². The Hall–Kier alpha value is -3.77. The highest BCUT2D eigenvalue weighted by Gasteiger charge is 2.19. The van der Waals surface area contributed by atoms with Crippen LogP contribution in [0.1, 0.15) is 19.4 Å². The lowest BCUT2D eigenvalue weighted by atomic mass is 10.2. The lowest BCUT2D eigenvalue weighted by molar-refractivity contribution is 0.642. The zero-order valence-electron chi connectivity index (χ0n) is 17.8. The summed E-state index contributed by atoms with van der Waals surface area (Å²) in [6, 6.07) is 5.70. The highest BCUT2D eigenvalue weighted by molar-refractivity contribution is 5.77. The average molecular weight is 416 g/mol. The van der Waals surface area contributed by atoms with Crippen LogP contribution in [0.2, 0.25) is 0 Å². The van der Waals surface area contributed by atoms with Gasteiger partial charge in [-0.1, -0.05) is 12.0 Å². The molecule has 0 saturated heterocycles. The fourth-order valence-corrected chi connectivity index (χ4v) is 3.58. The Morgan fingerprint density at radius 1 is 1.19 bits per heavy atom. The Labute approximate surface area is 179 Å². The third kappa shape index (κ3) is 4.11. The zero-order valence-corrected chi connectivity index (χ0v) is 17.8. The smallest absolute Gasteiger partial charge is 0.293 e. The third-order valence-corrected chi connectivity index (χ3v) is 4.91. The van der Waals surface area contributed by atoms with Crippen molar-refractivity contribution < 1.29 is 0 Å². The second kappa shape index (κ2) is 8.53. The molecule has 158 valence electrons. The molecule has 1 unspecified atom stereocenters. The normalized spacial score (nSPS) is 12.0. The molecule has 2 N–H and O–H groups in total. The molecule has 1 aromatic carbocycles. The number of aromatic nitrogens is 6. The minimum absolute atomic E-state index is 0.0405. The van der Waals surface area contributed by atoms with Gasteiger partial charge in [-0.2, -0.15) is 5.10 Å². The van der Waals surface area contributed by atoms with Crippen molar-refractivity contribution in [2.45, 2.75) is 33.0 Å². The summed E-state index contributed by atoms with van der Waals surface area (Å²) in [4.78, 5) is 28.6. The summed E-state index contributed by atoms with van der Waals surface area (Å²) >= 11 is 0. The van der Waals surface area contributed by atoms with E-state index in [4.69, 9.17) is 5.73 Å². The number of hydrogen-bond donors (Lipinski definition) is 1. The van der Waals surface area contributed by atoms with Crippen LogP contribution in [0.3, 0.4) is 0 Å². The van der Waals surface area contributed by atoms with E-state index >= 15 is 0 Å². The molecule has 31 heavy (non-hydrogen) atoms. The van der Waals surface area contributed by atoms with E-state index in [1.54, 1.807) is 25.5 Å². The Kier molecular flexibility index (Phi) is 5.64. The monoisotopic (exact) mass is 416 g/mol. The van der Waals surface area contributed by atoms with Gasteiger partial charge in [0.2, 0.25) is 5.95 Å². The first-order chi connectivity index (χ1) is 15.0. The average Bonchev–Trinajstić information content (AvgIpc) is 3.13. The molecule has 0 aliphatic heterocycles. The van der Waals surface area contributed by atoms with Crippen LogP contribution in [-0.4, -0.2) is 48.9 Å². The summed E-state index contributed by atoms with van der Waals surface area (Å²) in [5.74, 6) is 6.57. The molecule has 0 spiro atoms. The molecule has 0 aliphatic carbocycles. The highest BCUT2D eigenvalue weighted by Crippen LogP contribution is 2.19. The molecule has 9 heteroatoms. The topological polar surface area (TPSA) is 108 Å². The fraction of sp³-hybridized carbons (Fsp3) is 0.318. The van der Waals surface area contributed by atoms with Gasteiger partial charge in [0.15, 0.2) is 0 Å². The van der Waals surface area contributed by atoms with E-state index in [0.717, 1.165) is 16.6 Å². The minimum Gasteiger partial charge on any atom is -0.344 e. The number of hydrogen-bond acceptors (Lipinski definition) is 7. The Bertz CT molecular complexity index is 1360. The van der Waals surface area contributed by atoms with Crippen LogP contribution in [0.5, 0.6) is 0 Å². The summed E-state index contributed by atoms with van der Waals surface area (Å²) in [6.07, 6.45) is 4.93. The number of nitrogens with zero attached hydrogens (tertiary/aromatic N) is 7. The SMILES string of the molecule is CC#CCn1c(N(C)CC(C)N)nc2cnn(Cc3ccc4nccnc4c3)c(=O)c21. The van der Waals surface area contributed by atoms with E-state index in [0.29, 0.717) is 36.6 Å². The maximum absolute atomic E-state index is 13.4. The molecular formula is C22H24N8O.